The minimum absolute atomic E-state index is 0.0922. The van der Waals surface area contributed by atoms with Crippen LogP contribution in [0.4, 0.5) is 5.69 Å². The minimum Gasteiger partial charge on any atom is -0.452 e. The van der Waals surface area contributed by atoms with Crippen molar-refractivity contribution in [3.63, 3.8) is 0 Å². The molecule has 0 amide bonds. The Balaban J connectivity index is 1.56. The van der Waals surface area contributed by atoms with Crippen molar-refractivity contribution in [2.75, 3.05) is 4.72 Å². The first-order valence-corrected chi connectivity index (χ1v) is 11.4. The van der Waals surface area contributed by atoms with Gasteiger partial charge in [0.15, 0.2) is 12.2 Å². The lowest BCUT2D eigenvalue weighted by atomic mass is 10.1. The van der Waals surface area contributed by atoms with E-state index in [0.29, 0.717) is 22.2 Å². The van der Waals surface area contributed by atoms with Crippen LogP contribution in [0.5, 0.6) is 0 Å². The van der Waals surface area contributed by atoms with Gasteiger partial charge in [-0.1, -0.05) is 42.0 Å². The molecule has 0 spiro atoms. The van der Waals surface area contributed by atoms with Crippen LogP contribution >= 0.6 is 0 Å². The lowest BCUT2D eigenvalue weighted by Gasteiger charge is -2.15. The molecule has 0 radical (unpaired) electrons. The number of benzene rings is 3. The van der Waals surface area contributed by atoms with Crippen molar-refractivity contribution in [1.29, 1.82) is 0 Å². The van der Waals surface area contributed by atoms with Crippen LogP contribution < -0.4 is 4.72 Å². The van der Waals surface area contributed by atoms with Crippen LogP contribution in [0.3, 0.4) is 0 Å². The Bertz CT molecular complexity index is 1370. The number of hydrogen-bond donors (Lipinski definition) is 1. The Kier molecular flexibility index (Phi) is 5.71. The van der Waals surface area contributed by atoms with E-state index in [0.717, 1.165) is 5.56 Å². The monoisotopic (exact) mass is 450 g/mol. The summed E-state index contributed by atoms with van der Waals surface area (Å²) in [4.78, 5) is 17.2. The molecule has 8 heteroatoms. The number of carbonyl (C=O) groups is 1. The van der Waals surface area contributed by atoms with E-state index in [4.69, 9.17) is 9.15 Å². The van der Waals surface area contributed by atoms with Crippen LogP contribution in [0, 0.1) is 20.8 Å². The molecule has 1 aromatic heterocycles. The summed E-state index contributed by atoms with van der Waals surface area (Å²) in [6.45, 7) is 5.22. The molecular weight excluding hydrogens is 428 g/mol. The summed E-state index contributed by atoms with van der Waals surface area (Å²) in [5, 5.41) is 0. The summed E-state index contributed by atoms with van der Waals surface area (Å²) < 4.78 is 39.7. The van der Waals surface area contributed by atoms with Crippen molar-refractivity contribution < 1.29 is 22.4 Å². The van der Waals surface area contributed by atoms with Gasteiger partial charge in [-0.25, -0.2) is 18.2 Å². The molecule has 4 aromatic rings. The molecule has 4 rings (SSSR count). The predicted molar refractivity (Wildman–Crippen MR) is 121 cm³/mol. The van der Waals surface area contributed by atoms with Crippen molar-refractivity contribution in [2.45, 2.75) is 32.3 Å². The molecule has 0 bridgehead atoms. The number of hydrogen-bond acceptors (Lipinski definition) is 6. The number of carbonyl (C=O) groups excluding carboxylic acids is 1. The van der Waals surface area contributed by atoms with Crippen molar-refractivity contribution in [2.24, 2.45) is 0 Å². The summed E-state index contributed by atoms with van der Waals surface area (Å²) in [6, 6.07) is 17.1. The van der Waals surface area contributed by atoms with Gasteiger partial charge in [-0.05, 0) is 56.2 Å². The van der Waals surface area contributed by atoms with Gasteiger partial charge in [0, 0.05) is 0 Å². The average Bonchev–Trinajstić information content (AvgIpc) is 3.14. The third kappa shape index (κ3) is 4.36. The molecule has 1 N–H and O–H groups in total. The minimum atomic E-state index is -3.92. The summed E-state index contributed by atoms with van der Waals surface area (Å²) in [5.41, 5.74) is 3.72. The fourth-order valence-corrected chi connectivity index (χ4v) is 5.26. The lowest BCUT2D eigenvalue weighted by molar-refractivity contribution is 0.0441. The number of rotatable bonds is 6. The quantitative estimate of drug-likeness (QED) is 0.419. The van der Waals surface area contributed by atoms with E-state index in [9.17, 15) is 13.2 Å². The number of nitrogens with zero attached hydrogens (tertiary/aromatic N) is 1. The fourth-order valence-electron chi connectivity index (χ4n) is 3.72. The second-order valence-electron chi connectivity index (χ2n) is 7.53. The molecule has 1 heterocycles. The molecule has 32 heavy (non-hydrogen) atoms. The third-order valence-electron chi connectivity index (χ3n) is 4.93. The standard InChI is InChI=1S/C24H22N2O5S/c1-15-12-16(2)23(17(3)13-15)32(28,29)26-19-9-5-4-8-18(19)24(27)30-14-22-25-20-10-6-7-11-21(20)31-22/h4-13,26H,14H2,1-3H3. The van der Waals surface area contributed by atoms with Gasteiger partial charge in [-0.3, -0.25) is 4.72 Å². The Morgan fingerprint density at radius 1 is 1.00 bits per heavy atom. The van der Waals surface area contributed by atoms with E-state index < -0.39 is 16.0 Å². The number of sulfonamides is 1. The zero-order chi connectivity index (χ0) is 22.9. The van der Waals surface area contributed by atoms with Gasteiger partial charge in [-0.2, -0.15) is 0 Å². The Morgan fingerprint density at radius 3 is 2.38 bits per heavy atom. The number of nitrogens with one attached hydrogen (secondary N) is 1. The van der Waals surface area contributed by atoms with Crippen LogP contribution in [0.2, 0.25) is 0 Å². The molecule has 0 unspecified atom stereocenters. The predicted octanol–water partition coefficient (Wildman–Crippen LogP) is 4.91. The Morgan fingerprint density at radius 2 is 1.66 bits per heavy atom. The average molecular weight is 451 g/mol. The smallest absolute Gasteiger partial charge is 0.340 e. The molecule has 0 saturated carbocycles. The van der Waals surface area contributed by atoms with E-state index in [1.807, 2.05) is 31.2 Å². The number of para-hydroxylation sites is 3. The number of aryl methyl sites for hydroxylation is 3. The zero-order valence-electron chi connectivity index (χ0n) is 17.9. The first-order chi connectivity index (χ1) is 15.2. The van der Waals surface area contributed by atoms with Crippen molar-refractivity contribution >= 4 is 32.8 Å². The summed E-state index contributed by atoms with van der Waals surface area (Å²) >= 11 is 0. The van der Waals surface area contributed by atoms with Gasteiger partial charge < -0.3 is 9.15 Å². The van der Waals surface area contributed by atoms with Crippen molar-refractivity contribution in [1.82, 2.24) is 4.98 Å². The molecule has 164 valence electrons. The molecule has 0 saturated heterocycles. The SMILES string of the molecule is Cc1cc(C)c(S(=O)(=O)Nc2ccccc2C(=O)OCc2nc3ccccc3o2)c(C)c1. The summed E-state index contributed by atoms with van der Waals surface area (Å²) in [6.07, 6.45) is 0. The first kappa shape index (κ1) is 21.6. The second kappa shape index (κ2) is 8.47. The summed E-state index contributed by atoms with van der Waals surface area (Å²) in [5.74, 6) is -0.438. The highest BCUT2D eigenvalue weighted by Gasteiger charge is 2.23. The van der Waals surface area contributed by atoms with E-state index in [1.165, 1.54) is 12.1 Å². The highest BCUT2D eigenvalue weighted by Crippen LogP contribution is 2.26. The van der Waals surface area contributed by atoms with E-state index in [1.54, 1.807) is 38.1 Å². The van der Waals surface area contributed by atoms with Crippen LogP contribution in [0.1, 0.15) is 32.9 Å². The maximum atomic E-state index is 13.1. The Labute approximate surface area is 186 Å². The largest absolute Gasteiger partial charge is 0.452 e. The maximum absolute atomic E-state index is 13.1. The van der Waals surface area contributed by atoms with Gasteiger partial charge in [0.05, 0.1) is 16.1 Å². The Hall–Kier alpha value is -3.65. The molecule has 3 aromatic carbocycles. The van der Waals surface area contributed by atoms with Crippen molar-refractivity contribution in [3.8, 4) is 0 Å². The zero-order valence-corrected chi connectivity index (χ0v) is 18.7. The number of fused-ring (bicyclic) bond motifs is 1. The molecule has 7 nitrogen and oxygen atoms in total. The lowest BCUT2D eigenvalue weighted by Crippen LogP contribution is -2.18. The number of anilines is 1. The van der Waals surface area contributed by atoms with Gasteiger partial charge in [-0.15, -0.1) is 0 Å². The second-order valence-corrected chi connectivity index (χ2v) is 9.15. The number of ether oxygens (including phenoxy) is 1. The van der Waals surface area contributed by atoms with E-state index >= 15 is 0 Å². The molecule has 0 fully saturated rings. The fraction of sp³-hybridized carbons (Fsp3) is 0.167. The van der Waals surface area contributed by atoms with Crippen LogP contribution in [-0.4, -0.2) is 19.4 Å². The van der Waals surface area contributed by atoms with Crippen LogP contribution in [0.15, 0.2) is 70.0 Å². The highest BCUT2D eigenvalue weighted by atomic mass is 32.2. The molecule has 0 aliphatic rings. The normalized spacial score (nSPS) is 11.5. The summed E-state index contributed by atoms with van der Waals surface area (Å²) in [7, 11) is -3.92. The van der Waals surface area contributed by atoms with Gasteiger partial charge in [0.1, 0.15) is 5.52 Å². The molecule has 0 atom stereocenters. The van der Waals surface area contributed by atoms with Gasteiger partial charge in [0.2, 0.25) is 5.89 Å². The van der Waals surface area contributed by atoms with Gasteiger partial charge in [0.25, 0.3) is 10.0 Å². The van der Waals surface area contributed by atoms with E-state index in [-0.39, 0.29) is 28.6 Å². The van der Waals surface area contributed by atoms with E-state index in [2.05, 4.69) is 9.71 Å². The van der Waals surface area contributed by atoms with Crippen molar-refractivity contribution in [3.05, 3.63) is 88.8 Å². The van der Waals surface area contributed by atoms with Gasteiger partial charge >= 0.3 is 5.97 Å². The van der Waals surface area contributed by atoms with Crippen LogP contribution in [0.25, 0.3) is 11.1 Å². The molecular formula is C24H22N2O5S. The highest BCUT2D eigenvalue weighted by molar-refractivity contribution is 7.92. The third-order valence-corrected chi connectivity index (χ3v) is 6.60. The van der Waals surface area contributed by atoms with Crippen LogP contribution in [-0.2, 0) is 21.4 Å². The topological polar surface area (TPSA) is 98.5 Å². The molecule has 0 aliphatic carbocycles. The number of esters is 1. The number of oxazole rings is 1. The maximum Gasteiger partial charge on any atom is 0.340 e. The molecule has 0 aliphatic heterocycles. The number of aromatic nitrogens is 1. The first-order valence-electron chi connectivity index (χ1n) is 9.96.